The highest BCUT2D eigenvalue weighted by Crippen LogP contribution is 2.21. The number of rotatable bonds is 4. The van der Waals surface area contributed by atoms with E-state index in [9.17, 15) is 4.79 Å². The van der Waals surface area contributed by atoms with Gasteiger partial charge in [0.1, 0.15) is 0 Å². The monoisotopic (exact) mass is 298 g/mol. The average molecular weight is 298 g/mol. The largest absolute Gasteiger partial charge is 0.351 e. The fourth-order valence-corrected chi connectivity index (χ4v) is 2.03. The maximum absolute atomic E-state index is 12.2. The van der Waals surface area contributed by atoms with Gasteiger partial charge in [-0.3, -0.25) is 4.79 Å². The summed E-state index contributed by atoms with van der Waals surface area (Å²) < 4.78 is 6.56. The van der Waals surface area contributed by atoms with Gasteiger partial charge in [-0.1, -0.05) is 24.2 Å². The van der Waals surface area contributed by atoms with Crippen molar-refractivity contribution in [3.8, 4) is 5.69 Å². The van der Waals surface area contributed by atoms with Crippen LogP contribution in [0.25, 0.3) is 5.69 Å². The lowest BCUT2D eigenvalue weighted by Gasteiger charge is -2.10. The number of anilines is 1. The number of hydrogen-bond donors (Lipinski definition) is 1. The molecular formula is C14H14N6O2. The highest BCUT2D eigenvalue weighted by Gasteiger charge is 2.16. The van der Waals surface area contributed by atoms with E-state index < -0.39 is 0 Å². The Morgan fingerprint density at radius 2 is 2.18 bits per heavy atom. The molecule has 0 atom stereocenters. The normalized spacial score (nSPS) is 10.6. The quantitative estimate of drug-likeness (QED) is 0.788. The lowest BCUT2D eigenvalue weighted by atomic mass is 10.2. The van der Waals surface area contributed by atoms with Crippen LogP contribution in [-0.4, -0.2) is 31.3 Å². The summed E-state index contributed by atoms with van der Waals surface area (Å²) in [6.45, 7) is 3.71. The lowest BCUT2D eigenvalue weighted by Crippen LogP contribution is -2.14. The van der Waals surface area contributed by atoms with Crippen molar-refractivity contribution in [1.82, 2.24) is 25.4 Å². The number of hydrogen-bond acceptors (Lipinski definition) is 6. The van der Waals surface area contributed by atoms with Gasteiger partial charge in [-0.05, 0) is 29.5 Å². The lowest BCUT2D eigenvalue weighted by molar-refractivity contribution is 0.0988. The zero-order valence-electron chi connectivity index (χ0n) is 12.1. The standard InChI is InChI=1S/C14H14N6O2/c1-3-13-16-18-19-20(13)11-7-5-4-6-10(11)15-14(21)12-8-9(2)17-22-12/h4-8H,3H2,1-2H3,(H,15,21). The van der Waals surface area contributed by atoms with Crippen LogP contribution < -0.4 is 5.32 Å². The Kier molecular flexibility index (Phi) is 3.65. The minimum Gasteiger partial charge on any atom is -0.351 e. The Labute approximate surface area is 126 Å². The molecule has 0 aliphatic carbocycles. The summed E-state index contributed by atoms with van der Waals surface area (Å²) in [5.41, 5.74) is 1.92. The van der Waals surface area contributed by atoms with Crippen LogP contribution in [0, 0.1) is 6.92 Å². The summed E-state index contributed by atoms with van der Waals surface area (Å²) in [5, 5.41) is 18.1. The topological polar surface area (TPSA) is 98.7 Å². The number of nitrogens with zero attached hydrogens (tertiary/aromatic N) is 5. The molecule has 0 aliphatic rings. The molecule has 0 unspecified atom stereocenters. The maximum Gasteiger partial charge on any atom is 0.294 e. The van der Waals surface area contributed by atoms with Gasteiger partial charge in [0.15, 0.2) is 5.82 Å². The third kappa shape index (κ3) is 2.58. The molecule has 0 radical (unpaired) electrons. The second kappa shape index (κ2) is 5.76. The van der Waals surface area contributed by atoms with Gasteiger partial charge in [-0.2, -0.15) is 4.68 Å². The van der Waals surface area contributed by atoms with Crippen LogP contribution in [0.15, 0.2) is 34.9 Å². The predicted molar refractivity (Wildman–Crippen MR) is 77.7 cm³/mol. The van der Waals surface area contributed by atoms with Gasteiger partial charge in [0, 0.05) is 12.5 Å². The molecule has 0 fully saturated rings. The highest BCUT2D eigenvalue weighted by molar-refractivity contribution is 6.03. The van der Waals surface area contributed by atoms with E-state index in [-0.39, 0.29) is 11.7 Å². The van der Waals surface area contributed by atoms with Crippen molar-refractivity contribution in [2.24, 2.45) is 0 Å². The summed E-state index contributed by atoms with van der Waals surface area (Å²) in [7, 11) is 0. The molecule has 1 N–H and O–H groups in total. The number of nitrogens with one attached hydrogen (secondary N) is 1. The van der Waals surface area contributed by atoms with Gasteiger partial charge in [0.05, 0.1) is 17.1 Å². The Hall–Kier alpha value is -3.03. The van der Waals surface area contributed by atoms with Crippen molar-refractivity contribution in [2.45, 2.75) is 20.3 Å². The van der Waals surface area contributed by atoms with Crippen LogP contribution >= 0.6 is 0 Å². The summed E-state index contributed by atoms with van der Waals surface area (Å²) in [5.74, 6) is 0.483. The summed E-state index contributed by atoms with van der Waals surface area (Å²) >= 11 is 0. The molecule has 2 aromatic heterocycles. The second-order valence-electron chi connectivity index (χ2n) is 4.66. The molecule has 3 rings (SSSR count). The van der Waals surface area contributed by atoms with Crippen molar-refractivity contribution in [3.05, 3.63) is 47.6 Å². The van der Waals surface area contributed by atoms with E-state index in [0.29, 0.717) is 29.3 Å². The van der Waals surface area contributed by atoms with Crippen LogP contribution in [0.1, 0.15) is 29.0 Å². The predicted octanol–water partition coefficient (Wildman–Crippen LogP) is 1.77. The van der Waals surface area contributed by atoms with E-state index >= 15 is 0 Å². The van der Waals surface area contributed by atoms with Crippen LogP contribution in [0.4, 0.5) is 5.69 Å². The fraction of sp³-hybridized carbons (Fsp3) is 0.214. The van der Waals surface area contributed by atoms with Crippen LogP contribution in [-0.2, 0) is 6.42 Å². The van der Waals surface area contributed by atoms with E-state index in [2.05, 4.69) is 26.0 Å². The summed E-state index contributed by atoms with van der Waals surface area (Å²) in [6.07, 6.45) is 0.677. The van der Waals surface area contributed by atoms with Gasteiger partial charge in [0.2, 0.25) is 5.76 Å². The molecule has 2 heterocycles. The first-order valence-corrected chi connectivity index (χ1v) is 6.80. The number of benzene rings is 1. The Morgan fingerprint density at radius 1 is 1.36 bits per heavy atom. The molecule has 0 bridgehead atoms. The highest BCUT2D eigenvalue weighted by atomic mass is 16.5. The molecule has 22 heavy (non-hydrogen) atoms. The minimum atomic E-state index is -0.376. The Balaban J connectivity index is 1.93. The SMILES string of the molecule is CCc1nnnn1-c1ccccc1NC(=O)c1cc(C)no1. The van der Waals surface area contributed by atoms with Gasteiger partial charge in [-0.25, -0.2) is 0 Å². The number of aromatic nitrogens is 5. The zero-order chi connectivity index (χ0) is 15.5. The molecule has 0 aliphatic heterocycles. The number of carbonyl (C=O) groups excluding carboxylic acids is 1. The molecule has 8 heteroatoms. The number of aryl methyl sites for hydroxylation is 2. The zero-order valence-corrected chi connectivity index (χ0v) is 12.1. The minimum absolute atomic E-state index is 0.153. The molecule has 0 saturated heterocycles. The van der Waals surface area contributed by atoms with E-state index in [1.165, 1.54) is 0 Å². The molecule has 3 aromatic rings. The smallest absolute Gasteiger partial charge is 0.294 e. The molecule has 0 spiro atoms. The first-order chi connectivity index (χ1) is 10.7. The van der Waals surface area contributed by atoms with Crippen LogP contribution in [0.5, 0.6) is 0 Å². The van der Waals surface area contributed by atoms with Crippen molar-refractivity contribution < 1.29 is 9.32 Å². The van der Waals surface area contributed by atoms with Crippen molar-refractivity contribution in [3.63, 3.8) is 0 Å². The van der Waals surface area contributed by atoms with Gasteiger partial charge in [-0.15, -0.1) is 5.10 Å². The van der Waals surface area contributed by atoms with Gasteiger partial charge < -0.3 is 9.84 Å². The van der Waals surface area contributed by atoms with E-state index in [1.807, 2.05) is 25.1 Å². The molecule has 1 amide bonds. The number of amides is 1. The van der Waals surface area contributed by atoms with E-state index in [1.54, 1.807) is 23.7 Å². The summed E-state index contributed by atoms with van der Waals surface area (Å²) in [6, 6.07) is 8.85. The average Bonchev–Trinajstić information content (AvgIpc) is 3.16. The molecule has 8 nitrogen and oxygen atoms in total. The third-order valence-corrected chi connectivity index (χ3v) is 3.08. The summed E-state index contributed by atoms with van der Waals surface area (Å²) in [4.78, 5) is 12.2. The number of tetrazole rings is 1. The van der Waals surface area contributed by atoms with Gasteiger partial charge >= 0.3 is 0 Å². The van der Waals surface area contributed by atoms with Gasteiger partial charge in [0.25, 0.3) is 5.91 Å². The molecular weight excluding hydrogens is 284 g/mol. The number of carbonyl (C=O) groups is 1. The first kappa shape index (κ1) is 13.9. The van der Waals surface area contributed by atoms with Crippen molar-refractivity contribution in [2.75, 3.05) is 5.32 Å². The maximum atomic E-state index is 12.2. The molecule has 1 aromatic carbocycles. The first-order valence-electron chi connectivity index (χ1n) is 6.80. The molecule has 0 saturated carbocycles. The van der Waals surface area contributed by atoms with E-state index in [4.69, 9.17) is 4.52 Å². The Bertz CT molecular complexity index is 807. The third-order valence-electron chi connectivity index (χ3n) is 3.08. The van der Waals surface area contributed by atoms with Crippen molar-refractivity contribution >= 4 is 11.6 Å². The fourth-order valence-electron chi connectivity index (χ4n) is 2.03. The molecule has 112 valence electrons. The van der Waals surface area contributed by atoms with E-state index in [0.717, 1.165) is 0 Å². The second-order valence-corrected chi connectivity index (χ2v) is 4.66. The van der Waals surface area contributed by atoms with Crippen LogP contribution in [0.3, 0.4) is 0 Å². The number of para-hydroxylation sites is 2. The Morgan fingerprint density at radius 3 is 2.91 bits per heavy atom. The van der Waals surface area contributed by atoms with Crippen LogP contribution in [0.2, 0.25) is 0 Å². The van der Waals surface area contributed by atoms with Crippen molar-refractivity contribution in [1.29, 1.82) is 0 Å².